The normalized spacial score (nSPS) is 15.5. The number of rotatable bonds is 11. The Kier molecular flexibility index (Phi) is 10.8. The van der Waals surface area contributed by atoms with Gasteiger partial charge in [0.15, 0.2) is 5.96 Å². The maximum absolute atomic E-state index is 12.1. The summed E-state index contributed by atoms with van der Waals surface area (Å²) in [5.74, 6) is 0.703. The Morgan fingerprint density at radius 1 is 1.13 bits per heavy atom. The van der Waals surface area contributed by atoms with Crippen LogP contribution in [-0.2, 0) is 14.9 Å². The zero-order valence-electron chi connectivity index (χ0n) is 19.8. The van der Waals surface area contributed by atoms with Gasteiger partial charge in [0.2, 0.25) is 5.91 Å². The molecule has 0 bridgehead atoms. The van der Waals surface area contributed by atoms with Gasteiger partial charge in [-0.2, -0.15) is 0 Å². The molecule has 2 N–H and O–H groups in total. The molecule has 0 aromatic heterocycles. The molecule has 1 aromatic rings. The van der Waals surface area contributed by atoms with E-state index in [2.05, 4.69) is 64.7 Å². The summed E-state index contributed by atoms with van der Waals surface area (Å²) in [5, 5.41) is 6.96. The molecule has 7 nitrogen and oxygen atoms in total. The lowest BCUT2D eigenvalue weighted by atomic mass is 9.76. The molecule has 0 radical (unpaired) electrons. The second-order valence-corrected chi connectivity index (χ2v) is 8.39. The third-order valence-electron chi connectivity index (χ3n) is 6.25. The number of hydrogen-bond acceptors (Lipinski definition) is 4. The minimum atomic E-state index is -0.00489. The zero-order chi connectivity index (χ0) is 22.5. The molecule has 0 atom stereocenters. The lowest BCUT2D eigenvalue weighted by Crippen LogP contribution is -2.46. The summed E-state index contributed by atoms with van der Waals surface area (Å²) in [5.41, 5.74) is 1.37. The van der Waals surface area contributed by atoms with E-state index in [9.17, 15) is 4.79 Å². The summed E-state index contributed by atoms with van der Waals surface area (Å²) >= 11 is 0. The highest BCUT2D eigenvalue weighted by Gasteiger charge is 2.28. The molecule has 1 saturated heterocycles. The number of benzene rings is 1. The van der Waals surface area contributed by atoms with Crippen LogP contribution >= 0.6 is 0 Å². The average Bonchev–Trinajstić information content (AvgIpc) is 2.81. The summed E-state index contributed by atoms with van der Waals surface area (Å²) in [6.07, 6.45) is 3.08. The van der Waals surface area contributed by atoms with E-state index in [0.717, 1.165) is 65.2 Å². The number of aliphatic imine (C=N–C) groups is 1. The number of likely N-dealkylation sites (N-methyl/N-ethyl adjacent to an activating group) is 1. The maximum atomic E-state index is 12.1. The van der Waals surface area contributed by atoms with Crippen molar-refractivity contribution in [3.05, 3.63) is 35.9 Å². The molecule has 1 aromatic carbocycles. The Balaban J connectivity index is 1.97. The van der Waals surface area contributed by atoms with Gasteiger partial charge in [0.05, 0.1) is 13.2 Å². The van der Waals surface area contributed by atoms with Crippen LogP contribution in [0, 0.1) is 0 Å². The summed E-state index contributed by atoms with van der Waals surface area (Å²) in [4.78, 5) is 20.6. The van der Waals surface area contributed by atoms with Crippen LogP contribution in [0.3, 0.4) is 0 Å². The minimum Gasteiger partial charge on any atom is -0.379 e. The number of morpholine rings is 1. The standard InChI is InChI=1S/C24H41N5O2/c1-5-24(6-2,21-11-8-7-9-12-21)20-27-23(26-19-22(30)28(3)4)25-13-10-14-29-15-17-31-18-16-29/h7-9,11-12H,5-6,10,13-20H2,1-4H3,(H2,25,26,27). The topological polar surface area (TPSA) is 69.2 Å². The lowest BCUT2D eigenvalue weighted by molar-refractivity contribution is -0.127. The van der Waals surface area contributed by atoms with Gasteiger partial charge in [0.25, 0.3) is 0 Å². The fraction of sp³-hybridized carbons (Fsp3) is 0.667. The van der Waals surface area contributed by atoms with Crippen molar-refractivity contribution in [1.82, 2.24) is 20.4 Å². The molecule has 0 unspecified atom stereocenters. The van der Waals surface area contributed by atoms with Crippen molar-refractivity contribution in [2.24, 2.45) is 4.99 Å². The van der Waals surface area contributed by atoms with Gasteiger partial charge in [-0.15, -0.1) is 0 Å². The second-order valence-electron chi connectivity index (χ2n) is 8.39. The largest absolute Gasteiger partial charge is 0.379 e. The molecule has 1 fully saturated rings. The van der Waals surface area contributed by atoms with Gasteiger partial charge in [0.1, 0.15) is 6.54 Å². The van der Waals surface area contributed by atoms with Crippen LogP contribution in [-0.4, -0.2) is 88.2 Å². The Morgan fingerprint density at radius 2 is 1.81 bits per heavy atom. The molecule has 0 spiro atoms. The third kappa shape index (κ3) is 8.15. The summed E-state index contributed by atoms with van der Waals surface area (Å²) in [6, 6.07) is 10.7. The number of guanidine groups is 1. The number of carbonyl (C=O) groups is 1. The van der Waals surface area contributed by atoms with Gasteiger partial charge in [0, 0.05) is 45.7 Å². The van der Waals surface area contributed by atoms with E-state index in [0.29, 0.717) is 5.96 Å². The number of amides is 1. The van der Waals surface area contributed by atoms with Crippen molar-refractivity contribution in [3.8, 4) is 0 Å². The van der Waals surface area contributed by atoms with Gasteiger partial charge in [-0.05, 0) is 31.4 Å². The molecule has 1 heterocycles. The Hall–Kier alpha value is -2.12. The fourth-order valence-electron chi connectivity index (χ4n) is 3.85. The average molecular weight is 432 g/mol. The minimum absolute atomic E-state index is 0.00489. The van der Waals surface area contributed by atoms with Gasteiger partial charge in [-0.1, -0.05) is 44.2 Å². The van der Waals surface area contributed by atoms with E-state index in [-0.39, 0.29) is 17.9 Å². The van der Waals surface area contributed by atoms with Crippen molar-refractivity contribution in [1.29, 1.82) is 0 Å². The molecule has 1 aliphatic rings. The van der Waals surface area contributed by atoms with E-state index in [1.54, 1.807) is 19.0 Å². The first-order valence-electron chi connectivity index (χ1n) is 11.6. The Bertz CT molecular complexity index is 668. The first-order valence-corrected chi connectivity index (χ1v) is 11.6. The molecule has 0 aliphatic carbocycles. The van der Waals surface area contributed by atoms with Crippen molar-refractivity contribution in [2.45, 2.75) is 38.5 Å². The monoisotopic (exact) mass is 431 g/mol. The van der Waals surface area contributed by atoms with Gasteiger partial charge in [-0.3, -0.25) is 9.69 Å². The highest BCUT2D eigenvalue weighted by molar-refractivity contribution is 5.84. The summed E-state index contributed by atoms with van der Waals surface area (Å²) in [6.45, 7) is 10.9. The van der Waals surface area contributed by atoms with Gasteiger partial charge < -0.3 is 20.3 Å². The van der Waals surface area contributed by atoms with Gasteiger partial charge >= 0.3 is 0 Å². The van der Waals surface area contributed by atoms with E-state index in [1.807, 2.05) is 0 Å². The second kappa shape index (κ2) is 13.3. The van der Waals surface area contributed by atoms with E-state index in [4.69, 9.17) is 4.74 Å². The number of nitrogens with one attached hydrogen (secondary N) is 2. The predicted molar refractivity (Wildman–Crippen MR) is 128 cm³/mol. The third-order valence-corrected chi connectivity index (χ3v) is 6.25. The summed E-state index contributed by atoms with van der Waals surface area (Å²) in [7, 11) is 3.52. The highest BCUT2D eigenvalue weighted by Crippen LogP contribution is 2.30. The molecule has 1 aliphatic heterocycles. The van der Waals surface area contributed by atoms with E-state index >= 15 is 0 Å². The van der Waals surface area contributed by atoms with Crippen molar-refractivity contribution in [3.63, 3.8) is 0 Å². The first-order chi connectivity index (χ1) is 15.0. The summed E-state index contributed by atoms with van der Waals surface area (Å²) < 4.78 is 5.42. The van der Waals surface area contributed by atoms with Crippen LogP contribution in [0.1, 0.15) is 38.7 Å². The van der Waals surface area contributed by atoms with Crippen LogP contribution in [0.4, 0.5) is 0 Å². The first kappa shape index (κ1) is 25.1. The van der Waals surface area contributed by atoms with Crippen LogP contribution < -0.4 is 10.6 Å². The molecular formula is C24H41N5O2. The van der Waals surface area contributed by atoms with Crippen LogP contribution in [0.25, 0.3) is 0 Å². The van der Waals surface area contributed by atoms with Crippen molar-refractivity contribution in [2.75, 3.05) is 66.6 Å². The van der Waals surface area contributed by atoms with E-state index in [1.165, 1.54) is 5.56 Å². The fourth-order valence-corrected chi connectivity index (χ4v) is 3.85. The lowest BCUT2D eigenvalue weighted by Gasteiger charge is -2.33. The van der Waals surface area contributed by atoms with Crippen molar-refractivity contribution < 1.29 is 9.53 Å². The number of carbonyl (C=O) groups excluding carboxylic acids is 1. The molecule has 7 heteroatoms. The molecule has 0 saturated carbocycles. The SMILES string of the molecule is CCC(CC)(CNC(=NCC(=O)N(C)C)NCCCN1CCOCC1)c1ccccc1. The van der Waals surface area contributed by atoms with Crippen molar-refractivity contribution >= 4 is 11.9 Å². The Labute approximate surface area is 188 Å². The van der Waals surface area contributed by atoms with Gasteiger partial charge in [-0.25, -0.2) is 4.99 Å². The number of nitrogens with zero attached hydrogens (tertiary/aromatic N) is 3. The maximum Gasteiger partial charge on any atom is 0.243 e. The van der Waals surface area contributed by atoms with Crippen LogP contribution in [0.15, 0.2) is 35.3 Å². The zero-order valence-corrected chi connectivity index (χ0v) is 19.8. The molecule has 1 amide bonds. The molecule has 31 heavy (non-hydrogen) atoms. The van der Waals surface area contributed by atoms with Crippen LogP contribution in [0.2, 0.25) is 0 Å². The number of hydrogen-bond donors (Lipinski definition) is 2. The smallest absolute Gasteiger partial charge is 0.243 e. The number of ether oxygens (including phenoxy) is 1. The van der Waals surface area contributed by atoms with Crippen LogP contribution in [0.5, 0.6) is 0 Å². The molecule has 2 rings (SSSR count). The highest BCUT2D eigenvalue weighted by atomic mass is 16.5. The molecule has 174 valence electrons. The molecular weight excluding hydrogens is 390 g/mol. The quantitative estimate of drug-likeness (QED) is 0.319. The Morgan fingerprint density at radius 3 is 2.42 bits per heavy atom. The predicted octanol–water partition coefficient (Wildman–Crippen LogP) is 2.09. The van der Waals surface area contributed by atoms with E-state index < -0.39 is 0 Å².